The molecule has 5 nitrogen and oxygen atoms in total. The van der Waals surface area contributed by atoms with E-state index >= 15 is 0 Å². The van der Waals surface area contributed by atoms with Gasteiger partial charge in [-0.05, 0) is 20.2 Å². The van der Waals surface area contributed by atoms with Crippen LogP contribution in [-0.4, -0.2) is 42.2 Å². The molecule has 0 spiro atoms. The molecule has 0 aliphatic rings. The normalized spacial score (nSPS) is 12.4. The van der Waals surface area contributed by atoms with Crippen LogP contribution in [0.3, 0.4) is 0 Å². The van der Waals surface area contributed by atoms with E-state index in [2.05, 4.69) is 4.98 Å². The molecule has 0 amide bonds. The number of methoxy groups -OCH3 is 1. The van der Waals surface area contributed by atoms with Crippen molar-refractivity contribution in [1.82, 2.24) is 9.88 Å². The van der Waals surface area contributed by atoms with Crippen molar-refractivity contribution < 1.29 is 14.6 Å². The summed E-state index contributed by atoms with van der Waals surface area (Å²) in [6.45, 7) is 0. The Labute approximate surface area is 121 Å². The van der Waals surface area contributed by atoms with Gasteiger partial charge in [-0.15, -0.1) is 11.3 Å². The highest BCUT2D eigenvalue weighted by Crippen LogP contribution is 2.34. The quantitative estimate of drug-likeness (QED) is 0.917. The molecule has 1 aromatic heterocycles. The highest BCUT2D eigenvalue weighted by molar-refractivity contribution is 7.10. The Morgan fingerprint density at radius 3 is 2.65 bits per heavy atom. The molecule has 0 saturated carbocycles. The van der Waals surface area contributed by atoms with Crippen LogP contribution in [-0.2, 0) is 0 Å². The number of carbonyl (C=O) groups is 1. The van der Waals surface area contributed by atoms with Crippen LogP contribution in [0, 0.1) is 0 Å². The number of nitrogens with zero attached hydrogens (tertiary/aromatic N) is 2. The molecule has 1 N–H and O–H groups in total. The van der Waals surface area contributed by atoms with Crippen molar-refractivity contribution >= 4 is 17.3 Å². The second kappa shape index (κ2) is 6.02. The first-order chi connectivity index (χ1) is 9.54. The average molecular weight is 292 g/mol. The van der Waals surface area contributed by atoms with Crippen LogP contribution in [0.25, 0.3) is 0 Å². The molecule has 0 saturated heterocycles. The lowest BCUT2D eigenvalue weighted by atomic mass is 10.1. The van der Waals surface area contributed by atoms with Gasteiger partial charge in [0.2, 0.25) is 0 Å². The van der Waals surface area contributed by atoms with E-state index in [1.54, 1.807) is 12.5 Å². The van der Waals surface area contributed by atoms with Gasteiger partial charge in [-0.3, -0.25) is 4.90 Å². The Morgan fingerprint density at radius 1 is 1.40 bits per heavy atom. The van der Waals surface area contributed by atoms with Crippen molar-refractivity contribution in [3.63, 3.8) is 0 Å². The van der Waals surface area contributed by atoms with E-state index in [4.69, 9.17) is 9.84 Å². The van der Waals surface area contributed by atoms with Crippen molar-refractivity contribution in [3.8, 4) is 5.75 Å². The molecule has 2 rings (SSSR count). The number of rotatable bonds is 5. The average Bonchev–Trinajstić information content (AvgIpc) is 2.89. The first-order valence-electron chi connectivity index (χ1n) is 6.02. The number of carboxylic acid groups (broad SMARTS) is 1. The molecule has 6 heteroatoms. The third-order valence-electron chi connectivity index (χ3n) is 2.92. The Balaban J connectivity index is 2.47. The molecule has 106 valence electrons. The summed E-state index contributed by atoms with van der Waals surface area (Å²) in [5, 5.41) is 11.3. The summed E-state index contributed by atoms with van der Waals surface area (Å²) in [4.78, 5) is 17.2. The summed E-state index contributed by atoms with van der Waals surface area (Å²) in [6, 6.07) is 7.55. The van der Waals surface area contributed by atoms with Crippen LogP contribution in [0.1, 0.15) is 27.1 Å². The zero-order chi connectivity index (χ0) is 14.7. The van der Waals surface area contributed by atoms with Crippen molar-refractivity contribution in [2.75, 3.05) is 21.2 Å². The minimum atomic E-state index is -1.01. The summed E-state index contributed by atoms with van der Waals surface area (Å²) < 4.78 is 5.39. The van der Waals surface area contributed by atoms with Crippen molar-refractivity contribution in [2.24, 2.45) is 0 Å². The number of aromatic carboxylic acids is 1. The standard InChI is InChI=1S/C14H16N2O3S/c1-16(2)12(9-6-4-5-7-11(9)19-3)13-15-10(8-20-13)14(17)18/h4-8,12H,1-3H3,(H,17,18). The molecule has 1 aromatic carbocycles. The number of benzene rings is 1. The molecule has 0 fully saturated rings. The largest absolute Gasteiger partial charge is 0.496 e. The number of aromatic nitrogens is 1. The van der Waals surface area contributed by atoms with Gasteiger partial charge in [-0.2, -0.15) is 0 Å². The number of carboxylic acids is 1. The van der Waals surface area contributed by atoms with E-state index in [-0.39, 0.29) is 11.7 Å². The highest BCUT2D eigenvalue weighted by Gasteiger charge is 2.24. The molecule has 0 bridgehead atoms. The van der Waals surface area contributed by atoms with E-state index < -0.39 is 5.97 Å². The molecule has 0 aliphatic heterocycles. The monoisotopic (exact) mass is 292 g/mol. The molecule has 0 aliphatic carbocycles. The molecule has 0 radical (unpaired) electrons. The number of para-hydroxylation sites is 1. The zero-order valence-corrected chi connectivity index (χ0v) is 12.3. The summed E-state index contributed by atoms with van der Waals surface area (Å²) in [5.74, 6) is -0.247. The third-order valence-corrected chi connectivity index (χ3v) is 3.82. The molecular weight excluding hydrogens is 276 g/mol. The number of thiazole rings is 1. The summed E-state index contributed by atoms with van der Waals surface area (Å²) in [5.41, 5.74) is 1.04. The maximum atomic E-state index is 11.0. The van der Waals surface area contributed by atoms with Crippen LogP contribution >= 0.6 is 11.3 Å². The first-order valence-corrected chi connectivity index (χ1v) is 6.90. The molecule has 20 heavy (non-hydrogen) atoms. The second-order valence-corrected chi connectivity index (χ2v) is 5.37. The Bertz CT molecular complexity index is 610. The van der Waals surface area contributed by atoms with E-state index in [1.165, 1.54) is 11.3 Å². The van der Waals surface area contributed by atoms with E-state index in [0.29, 0.717) is 0 Å². The van der Waals surface area contributed by atoms with Gasteiger partial charge in [0.05, 0.1) is 13.2 Å². The van der Waals surface area contributed by atoms with E-state index in [1.807, 2.05) is 43.3 Å². The maximum absolute atomic E-state index is 11.0. The molecular formula is C14H16N2O3S. The third kappa shape index (κ3) is 2.81. The Hall–Kier alpha value is -1.92. The number of ether oxygens (including phenoxy) is 1. The van der Waals surface area contributed by atoms with Gasteiger partial charge in [-0.25, -0.2) is 9.78 Å². The van der Waals surface area contributed by atoms with E-state index in [9.17, 15) is 4.79 Å². The van der Waals surface area contributed by atoms with Crippen LogP contribution in [0.15, 0.2) is 29.6 Å². The van der Waals surface area contributed by atoms with Crippen molar-refractivity contribution in [2.45, 2.75) is 6.04 Å². The predicted octanol–water partition coefficient (Wildman–Crippen LogP) is 2.50. The van der Waals surface area contributed by atoms with Gasteiger partial charge in [0.1, 0.15) is 10.8 Å². The Kier molecular flexibility index (Phi) is 4.36. The fourth-order valence-electron chi connectivity index (χ4n) is 2.04. The lowest BCUT2D eigenvalue weighted by Crippen LogP contribution is -2.21. The van der Waals surface area contributed by atoms with Gasteiger partial charge in [0, 0.05) is 10.9 Å². The fourth-order valence-corrected chi connectivity index (χ4v) is 3.04. The maximum Gasteiger partial charge on any atom is 0.355 e. The van der Waals surface area contributed by atoms with Gasteiger partial charge < -0.3 is 9.84 Å². The summed E-state index contributed by atoms with van der Waals surface area (Å²) >= 11 is 1.34. The number of hydrogen-bond donors (Lipinski definition) is 1. The van der Waals surface area contributed by atoms with Gasteiger partial charge in [-0.1, -0.05) is 18.2 Å². The smallest absolute Gasteiger partial charge is 0.355 e. The van der Waals surface area contributed by atoms with Crippen LogP contribution < -0.4 is 4.74 Å². The molecule has 1 unspecified atom stereocenters. The highest BCUT2D eigenvalue weighted by atomic mass is 32.1. The lowest BCUT2D eigenvalue weighted by Gasteiger charge is -2.24. The van der Waals surface area contributed by atoms with Crippen LogP contribution in [0.4, 0.5) is 0 Å². The number of hydrogen-bond acceptors (Lipinski definition) is 5. The molecule has 1 heterocycles. The molecule has 2 aromatic rings. The first kappa shape index (κ1) is 14.5. The fraction of sp³-hybridized carbons (Fsp3) is 0.286. The van der Waals surface area contributed by atoms with Crippen molar-refractivity contribution in [3.05, 3.63) is 45.9 Å². The second-order valence-electron chi connectivity index (χ2n) is 4.48. The zero-order valence-electron chi connectivity index (χ0n) is 11.5. The van der Waals surface area contributed by atoms with Gasteiger partial charge in [0.15, 0.2) is 5.69 Å². The van der Waals surface area contributed by atoms with Crippen molar-refractivity contribution in [1.29, 1.82) is 0 Å². The van der Waals surface area contributed by atoms with Gasteiger partial charge in [0.25, 0.3) is 0 Å². The minimum Gasteiger partial charge on any atom is -0.496 e. The lowest BCUT2D eigenvalue weighted by molar-refractivity contribution is 0.0691. The predicted molar refractivity (Wildman–Crippen MR) is 77.6 cm³/mol. The summed E-state index contributed by atoms with van der Waals surface area (Å²) in [7, 11) is 5.48. The SMILES string of the molecule is COc1ccccc1C(c1nc(C(=O)O)cs1)N(C)C. The molecule has 1 atom stereocenters. The van der Waals surface area contributed by atoms with E-state index in [0.717, 1.165) is 16.3 Å². The summed E-state index contributed by atoms with van der Waals surface area (Å²) in [6.07, 6.45) is 0. The minimum absolute atomic E-state index is 0.0757. The van der Waals surface area contributed by atoms with Crippen LogP contribution in [0.2, 0.25) is 0 Å². The Morgan fingerprint density at radius 2 is 2.10 bits per heavy atom. The van der Waals surface area contributed by atoms with Gasteiger partial charge >= 0.3 is 5.97 Å². The topological polar surface area (TPSA) is 62.7 Å². The van der Waals surface area contributed by atoms with Crippen LogP contribution in [0.5, 0.6) is 5.75 Å².